The van der Waals surface area contributed by atoms with Crippen molar-refractivity contribution in [2.24, 2.45) is 5.92 Å². The SMILES string of the molecule is Clc1ccc2nc(SCC3CCCNC3)[nH]c2c1. The lowest BCUT2D eigenvalue weighted by atomic mass is 10.0. The summed E-state index contributed by atoms with van der Waals surface area (Å²) in [6.07, 6.45) is 2.62. The summed E-state index contributed by atoms with van der Waals surface area (Å²) >= 11 is 7.77. The van der Waals surface area contributed by atoms with Gasteiger partial charge in [0, 0.05) is 10.8 Å². The summed E-state index contributed by atoms with van der Waals surface area (Å²) in [6, 6.07) is 5.76. The van der Waals surface area contributed by atoms with Crippen LogP contribution in [-0.2, 0) is 0 Å². The fourth-order valence-electron chi connectivity index (χ4n) is 2.29. The molecule has 2 aromatic rings. The van der Waals surface area contributed by atoms with Gasteiger partial charge in [0.1, 0.15) is 0 Å². The number of hydrogen-bond acceptors (Lipinski definition) is 3. The van der Waals surface area contributed by atoms with Gasteiger partial charge in [-0.05, 0) is 50.0 Å². The van der Waals surface area contributed by atoms with Gasteiger partial charge in [0.2, 0.25) is 0 Å². The van der Waals surface area contributed by atoms with Gasteiger partial charge in [-0.2, -0.15) is 0 Å². The minimum absolute atomic E-state index is 0.749. The molecule has 0 aliphatic carbocycles. The van der Waals surface area contributed by atoms with Crippen LogP contribution in [0.5, 0.6) is 0 Å². The van der Waals surface area contributed by atoms with Gasteiger partial charge in [-0.15, -0.1) is 0 Å². The standard InChI is InChI=1S/C13H16ClN3S/c14-10-3-4-11-12(6-10)17-13(16-11)18-8-9-2-1-5-15-7-9/h3-4,6,9,15H,1-2,5,7-8H2,(H,16,17). The van der Waals surface area contributed by atoms with E-state index in [0.29, 0.717) is 0 Å². The first-order valence-electron chi connectivity index (χ1n) is 6.30. The topological polar surface area (TPSA) is 40.7 Å². The maximum atomic E-state index is 5.96. The van der Waals surface area contributed by atoms with Gasteiger partial charge in [-0.25, -0.2) is 4.98 Å². The highest BCUT2D eigenvalue weighted by molar-refractivity contribution is 7.99. The Labute approximate surface area is 116 Å². The molecule has 96 valence electrons. The molecule has 1 aromatic carbocycles. The van der Waals surface area contributed by atoms with E-state index >= 15 is 0 Å². The molecule has 1 aliphatic rings. The zero-order chi connectivity index (χ0) is 12.4. The molecule has 18 heavy (non-hydrogen) atoms. The molecule has 3 rings (SSSR count). The number of piperidine rings is 1. The highest BCUT2D eigenvalue weighted by Crippen LogP contribution is 2.25. The van der Waals surface area contributed by atoms with Gasteiger partial charge in [0.25, 0.3) is 0 Å². The van der Waals surface area contributed by atoms with E-state index in [4.69, 9.17) is 11.6 Å². The third-order valence-corrected chi connectivity index (χ3v) is 4.62. The zero-order valence-corrected chi connectivity index (χ0v) is 11.7. The Morgan fingerprint density at radius 2 is 2.39 bits per heavy atom. The fraction of sp³-hybridized carbons (Fsp3) is 0.462. The van der Waals surface area contributed by atoms with Crippen molar-refractivity contribution < 1.29 is 0 Å². The molecule has 2 N–H and O–H groups in total. The predicted octanol–water partition coefficient (Wildman–Crippen LogP) is 3.31. The van der Waals surface area contributed by atoms with E-state index < -0.39 is 0 Å². The second-order valence-corrected chi connectivity index (χ2v) is 6.17. The van der Waals surface area contributed by atoms with Crippen LogP contribution in [0.3, 0.4) is 0 Å². The van der Waals surface area contributed by atoms with Gasteiger partial charge >= 0.3 is 0 Å². The van der Waals surface area contributed by atoms with Gasteiger partial charge < -0.3 is 10.3 Å². The van der Waals surface area contributed by atoms with Crippen molar-refractivity contribution in [2.75, 3.05) is 18.8 Å². The number of hydrogen-bond donors (Lipinski definition) is 2. The predicted molar refractivity (Wildman–Crippen MR) is 77.4 cm³/mol. The maximum Gasteiger partial charge on any atom is 0.166 e. The lowest BCUT2D eigenvalue weighted by Gasteiger charge is -2.21. The third kappa shape index (κ3) is 2.82. The highest BCUT2D eigenvalue weighted by atomic mass is 35.5. The summed E-state index contributed by atoms with van der Waals surface area (Å²) in [5.41, 5.74) is 2.01. The number of nitrogens with one attached hydrogen (secondary N) is 2. The molecular formula is C13H16ClN3S. The molecule has 1 aromatic heterocycles. The Kier molecular flexibility index (Phi) is 3.77. The summed E-state index contributed by atoms with van der Waals surface area (Å²) in [6.45, 7) is 2.31. The molecule has 0 amide bonds. The Hall–Kier alpha value is -0.710. The quantitative estimate of drug-likeness (QED) is 0.848. The average Bonchev–Trinajstić information content (AvgIpc) is 2.79. The number of benzene rings is 1. The van der Waals surface area contributed by atoms with Gasteiger partial charge in [-0.3, -0.25) is 0 Å². The van der Waals surface area contributed by atoms with Gasteiger partial charge in [0.05, 0.1) is 11.0 Å². The molecule has 0 radical (unpaired) electrons. The molecule has 0 spiro atoms. The minimum Gasteiger partial charge on any atom is -0.333 e. The average molecular weight is 282 g/mol. The zero-order valence-electron chi connectivity index (χ0n) is 10.1. The second-order valence-electron chi connectivity index (χ2n) is 4.73. The van der Waals surface area contributed by atoms with Crippen molar-refractivity contribution >= 4 is 34.4 Å². The van der Waals surface area contributed by atoms with Crippen LogP contribution in [-0.4, -0.2) is 28.8 Å². The minimum atomic E-state index is 0.749. The van der Waals surface area contributed by atoms with Crippen LogP contribution in [0.15, 0.2) is 23.4 Å². The van der Waals surface area contributed by atoms with Gasteiger partial charge in [0.15, 0.2) is 5.16 Å². The van der Waals surface area contributed by atoms with Crippen LogP contribution in [0.2, 0.25) is 5.02 Å². The van der Waals surface area contributed by atoms with E-state index in [0.717, 1.165) is 39.4 Å². The smallest absolute Gasteiger partial charge is 0.166 e. The Morgan fingerprint density at radius 3 is 3.22 bits per heavy atom. The number of H-pyrrole nitrogens is 1. The number of imidazole rings is 1. The van der Waals surface area contributed by atoms with Crippen molar-refractivity contribution in [2.45, 2.75) is 18.0 Å². The van der Waals surface area contributed by atoms with Gasteiger partial charge in [-0.1, -0.05) is 23.4 Å². The van der Waals surface area contributed by atoms with Crippen LogP contribution in [0.1, 0.15) is 12.8 Å². The number of aromatic nitrogens is 2. The first kappa shape index (κ1) is 12.3. The molecule has 3 nitrogen and oxygen atoms in total. The summed E-state index contributed by atoms with van der Waals surface area (Å²) in [7, 11) is 0. The molecule has 5 heteroatoms. The molecule has 1 unspecified atom stereocenters. The summed E-state index contributed by atoms with van der Waals surface area (Å²) in [4.78, 5) is 7.89. The van der Waals surface area contributed by atoms with Crippen LogP contribution < -0.4 is 5.32 Å². The molecule has 1 saturated heterocycles. The maximum absolute atomic E-state index is 5.96. The third-order valence-electron chi connectivity index (χ3n) is 3.28. The number of nitrogens with zero attached hydrogens (tertiary/aromatic N) is 1. The summed E-state index contributed by atoms with van der Waals surface area (Å²) in [5, 5.41) is 5.19. The van der Waals surface area contributed by atoms with E-state index in [9.17, 15) is 0 Å². The fourth-order valence-corrected chi connectivity index (χ4v) is 3.49. The van der Waals surface area contributed by atoms with E-state index in [2.05, 4.69) is 15.3 Å². The summed E-state index contributed by atoms with van der Waals surface area (Å²) in [5.74, 6) is 1.89. The number of thioether (sulfide) groups is 1. The Balaban J connectivity index is 1.67. The van der Waals surface area contributed by atoms with Crippen molar-refractivity contribution in [3.8, 4) is 0 Å². The van der Waals surface area contributed by atoms with Crippen LogP contribution >= 0.6 is 23.4 Å². The monoisotopic (exact) mass is 281 g/mol. The van der Waals surface area contributed by atoms with Crippen LogP contribution in [0.4, 0.5) is 0 Å². The highest BCUT2D eigenvalue weighted by Gasteiger charge is 2.14. The van der Waals surface area contributed by atoms with E-state index in [1.54, 1.807) is 0 Å². The summed E-state index contributed by atoms with van der Waals surface area (Å²) < 4.78 is 0. The number of rotatable bonds is 3. The molecule has 1 atom stereocenters. The lowest BCUT2D eigenvalue weighted by molar-refractivity contribution is 0.410. The number of aromatic amines is 1. The second kappa shape index (κ2) is 5.51. The molecule has 2 heterocycles. The van der Waals surface area contributed by atoms with Crippen molar-refractivity contribution in [3.63, 3.8) is 0 Å². The van der Waals surface area contributed by atoms with Crippen LogP contribution in [0, 0.1) is 5.92 Å². The largest absolute Gasteiger partial charge is 0.333 e. The van der Waals surface area contributed by atoms with E-state index in [-0.39, 0.29) is 0 Å². The van der Waals surface area contributed by atoms with Crippen LogP contribution in [0.25, 0.3) is 11.0 Å². The lowest BCUT2D eigenvalue weighted by Crippen LogP contribution is -2.30. The first-order valence-corrected chi connectivity index (χ1v) is 7.66. The number of halogens is 1. The van der Waals surface area contributed by atoms with Crippen molar-refractivity contribution in [1.82, 2.24) is 15.3 Å². The molecular weight excluding hydrogens is 266 g/mol. The number of fused-ring (bicyclic) bond motifs is 1. The normalized spacial score (nSPS) is 20.4. The Bertz CT molecular complexity index is 534. The molecule has 1 fully saturated rings. The molecule has 0 saturated carbocycles. The van der Waals surface area contributed by atoms with Crippen molar-refractivity contribution in [1.29, 1.82) is 0 Å². The van der Waals surface area contributed by atoms with E-state index in [1.807, 2.05) is 30.0 Å². The Morgan fingerprint density at radius 1 is 1.44 bits per heavy atom. The van der Waals surface area contributed by atoms with Crippen molar-refractivity contribution in [3.05, 3.63) is 23.2 Å². The van der Waals surface area contributed by atoms with E-state index in [1.165, 1.54) is 19.4 Å². The molecule has 1 aliphatic heterocycles. The first-order chi connectivity index (χ1) is 8.81. The molecule has 0 bridgehead atoms.